The van der Waals surface area contributed by atoms with Gasteiger partial charge in [-0.25, -0.2) is 9.18 Å². The van der Waals surface area contributed by atoms with Crippen molar-refractivity contribution in [1.29, 1.82) is 0 Å². The maximum atomic E-state index is 12.7. The van der Waals surface area contributed by atoms with Crippen LogP contribution in [0.1, 0.15) is 5.56 Å². The number of nitrogens with zero attached hydrogens (tertiary/aromatic N) is 4. The van der Waals surface area contributed by atoms with E-state index in [9.17, 15) is 9.18 Å². The third-order valence-electron chi connectivity index (χ3n) is 2.39. The second kappa shape index (κ2) is 5.29. The van der Waals surface area contributed by atoms with Gasteiger partial charge in [0.1, 0.15) is 11.9 Å². The Morgan fingerprint density at radius 2 is 2.22 bits per heavy atom. The molecule has 18 heavy (non-hydrogen) atoms. The Balaban J connectivity index is 2.15. The first-order chi connectivity index (χ1) is 8.70. The van der Waals surface area contributed by atoms with Crippen molar-refractivity contribution < 1.29 is 13.9 Å². The molecule has 0 unspecified atom stereocenters. The maximum absolute atomic E-state index is 12.7. The lowest BCUT2D eigenvalue weighted by molar-refractivity contribution is -0.140. The van der Waals surface area contributed by atoms with Crippen LogP contribution in [0.15, 0.2) is 34.4 Å². The van der Waals surface area contributed by atoms with Gasteiger partial charge in [-0.1, -0.05) is 5.11 Å². The van der Waals surface area contributed by atoms with Gasteiger partial charge in [0.2, 0.25) is 0 Å². The van der Waals surface area contributed by atoms with Crippen LogP contribution in [0.5, 0.6) is 0 Å². The van der Waals surface area contributed by atoms with Crippen molar-refractivity contribution in [3.8, 4) is 0 Å². The van der Waals surface area contributed by atoms with Crippen LogP contribution in [0.3, 0.4) is 0 Å². The van der Waals surface area contributed by atoms with Gasteiger partial charge in [-0.3, -0.25) is 4.99 Å². The van der Waals surface area contributed by atoms with Gasteiger partial charge in [-0.05, 0) is 29.8 Å². The van der Waals surface area contributed by atoms with Crippen LogP contribution in [0.2, 0.25) is 0 Å². The Kier molecular flexibility index (Phi) is 3.54. The number of cyclic esters (lactones) is 1. The smallest absolute Gasteiger partial charge is 0.357 e. The molecule has 6 nitrogen and oxygen atoms in total. The molecule has 0 radical (unpaired) electrons. The molecule has 0 aromatic heterocycles. The van der Waals surface area contributed by atoms with E-state index in [1.165, 1.54) is 24.3 Å². The molecule has 1 heterocycles. The number of hydrogen-bond acceptors (Lipinski definition) is 4. The number of hydrogen-bond donors (Lipinski definition) is 0. The summed E-state index contributed by atoms with van der Waals surface area (Å²) in [6, 6.07) is 5.42. The van der Waals surface area contributed by atoms with Crippen molar-refractivity contribution in [2.24, 2.45) is 10.1 Å². The minimum Gasteiger partial charge on any atom is -0.456 e. The van der Waals surface area contributed by atoms with Crippen molar-refractivity contribution in [3.05, 3.63) is 46.1 Å². The van der Waals surface area contributed by atoms with Crippen LogP contribution in [0.25, 0.3) is 10.4 Å². The van der Waals surface area contributed by atoms with E-state index in [1.807, 2.05) is 0 Å². The standard InChI is InChI=1S/C11H9FN4O2/c12-8-3-1-7(2-4-8)10-11(17)18-9(5-14-10)6-15-16-13/h1-4,9H,5-6H2/t9-/m0/s1. The van der Waals surface area contributed by atoms with E-state index >= 15 is 0 Å². The number of halogens is 1. The fourth-order valence-corrected chi connectivity index (χ4v) is 1.54. The molecule has 0 fully saturated rings. The number of ether oxygens (including phenoxy) is 1. The van der Waals surface area contributed by atoms with E-state index in [0.29, 0.717) is 5.56 Å². The van der Waals surface area contributed by atoms with Gasteiger partial charge in [0.15, 0.2) is 5.71 Å². The van der Waals surface area contributed by atoms with Crippen LogP contribution in [0.4, 0.5) is 4.39 Å². The lowest BCUT2D eigenvalue weighted by Crippen LogP contribution is -2.34. The SMILES string of the molecule is [N-]=[N+]=NC[C@@H]1CN=C(c2ccc(F)cc2)C(=O)O1. The number of carbonyl (C=O) groups is 1. The number of benzene rings is 1. The normalized spacial score (nSPS) is 18.6. The van der Waals surface area contributed by atoms with E-state index in [-0.39, 0.29) is 24.6 Å². The van der Waals surface area contributed by atoms with Crippen LogP contribution in [-0.4, -0.2) is 30.9 Å². The fraction of sp³-hybridized carbons (Fsp3) is 0.273. The highest BCUT2D eigenvalue weighted by atomic mass is 19.1. The average Bonchev–Trinajstić information content (AvgIpc) is 2.38. The van der Waals surface area contributed by atoms with Crippen LogP contribution < -0.4 is 0 Å². The molecule has 0 N–H and O–H groups in total. The maximum Gasteiger partial charge on any atom is 0.357 e. The largest absolute Gasteiger partial charge is 0.456 e. The zero-order valence-electron chi connectivity index (χ0n) is 9.28. The predicted octanol–water partition coefficient (Wildman–Crippen LogP) is 1.85. The molecule has 0 saturated carbocycles. The predicted molar refractivity (Wildman–Crippen MR) is 61.7 cm³/mol. The minimum absolute atomic E-state index is 0.0580. The molecule has 0 aliphatic carbocycles. The van der Waals surface area contributed by atoms with Crippen molar-refractivity contribution in [2.75, 3.05) is 13.1 Å². The number of carbonyl (C=O) groups excluding carboxylic acids is 1. The molecular formula is C11H9FN4O2. The van der Waals surface area contributed by atoms with E-state index in [1.54, 1.807) is 0 Å². The van der Waals surface area contributed by atoms with Gasteiger partial charge in [0, 0.05) is 10.5 Å². The summed E-state index contributed by atoms with van der Waals surface area (Å²) in [6.45, 7) is 0.292. The van der Waals surface area contributed by atoms with Crippen LogP contribution >= 0.6 is 0 Å². The van der Waals surface area contributed by atoms with Crippen molar-refractivity contribution in [2.45, 2.75) is 6.10 Å². The summed E-state index contributed by atoms with van der Waals surface area (Å²) in [5.41, 5.74) is 8.83. The molecule has 1 atom stereocenters. The monoisotopic (exact) mass is 248 g/mol. The van der Waals surface area contributed by atoms with Crippen molar-refractivity contribution >= 4 is 11.7 Å². The molecule has 7 heteroatoms. The Labute approximate surface area is 102 Å². The molecule has 1 aliphatic heterocycles. The van der Waals surface area contributed by atoms with Gasteiger partial charge in [0.25, 0.3) is 0 Å². The lowest BCUT2D eigenvalue weighted by Gasteiger charge is -2.20. The van der Waals surface area contributed by atoms with Gasteiger partial charge in [-0.15, -0.1) is 0 Å². The first kappa shape index (κ1) is 12.1. The topological polar surface area (TPSA) is 87.4 Å². The van der Waals surface area contributed by atoms with Gasteiger partial charge < -0.3 is 4.74 Å². The summed E-state index contributed by atoms with van der Waals surface area (Å²) >= 11 is 0. The Hall–Kier alpha value is -2.40. The molecule has 1 aromatic carbocycles. The average molecular weight is 248 g/mol. The van der Waals surface area contributed by atoms with E-state index in [4.69, 9.17) is 10.3 Å². The quantitative estimate of drug-likeness (QED) is 0.353. The first-order valence-electron chi connectivity index (χ1n) is 5.23. The Morgan fingerprint density at radius 3 is 2.83 bits per heavy atom. The van der Waals surface area contributed by atoms with Gasteiger partial charge >= 0.3 is 5.97 Å². The number of rotatable bonds is 3. The molecule has 1 aliphatic rings. The Morgan fingerprint density at radius 1 is 1.50 bits per heavy atom. The van der Waals surface area contributed by atoms with E-state index < -0.39 is 12.1 Å². The summed E-state index contributed by atoms with van der Waals surface area (Å²) in [6.07, 6.45) is -0.530. The van der Waals surface area contributed by atoms with Crippen molar-refractivity contribution in [1.82, 2.24) is 0 Å². The highest BCUT2D eigenvalue weighted by molar-refractivity contribution is 6.43. The van der Waals surface area contributed by atoms with Crippen LogP contribution in [0, 0.1) is 5.82 Å². The fourth-order valence-electron chi connectivity index (χ4n) is 1.54. The highest BCUT2D eigenvalue weighted by Gasteiger charge is 2.25. The molecule has 0 amide bonds. The minimum atomic E-state index is -0.592. The molecule has 0 spiro atoms. The molecule has 1 aromatic rings. The second-order valence-corrected chi connectivity index (χ2v) is 3.64. The highest BCUT2D eigenvalue weighted by Crippen LogP contribution is 2.11. The number of azide groups is 1. The van der Waals surface area contributed by atoms with Gasteiger partial charge in [-0.2, -0.15) is 0 Å². The molecule has 0 bridgehead atoms. The Bertz CT molecular complexity index is 534. The molecule has 0 saturated heterocycles. The third-order valence-corrected chi connectivity index (χ3v) is 2.39. The summed E-state index contributed by atoms with van der Waals surface area (Å²) < 4.78 is 17.8. The first-order valence-corrected chi connectivity index (χ1v) is 5.23. The summed E-state index contributed by atoms with van der Waals surface area (Å²) in [5.74, 6) is -0.976. The van der Waals surface area contributed by atoms with Crippen molar-refractivity contribution in [3.63, 3.8) is 0 Å². The van der Waals surface area contributed by atoms with Crippen LogP contribution in [-0.2, 0) is 9.53 Å². The second-order valence-electron chi connectivity index (χ2n) is 3.64. The number of esters is 1. The zero-order chi connectivity index (χ0) is 13.0. The summed E-state index contributed by atoms with van der Waals surface area (Å²) in [4.78, 5) is 18.3. The summed E-state index contributed by atoms with van der Waals surface area (Å²) in [7, 11) is 0. The van der Waals surface area contributed by atoms with Gasteiger partial charge in [0.05, 0.1) is 13.1 Å². The van der Waals surface area contributed by atoms with E-state index in [2.05, 4.69) is 15.0 Å². The number of aliphatic imine (C=N–C) groups is 1. The molecular weight excluding hydrogens is 239 g/mol. The summed E-state index contributed by atoms with van der Waals surface area (Å²) in [5, 5.41) is 3.32. The lowest BCUT2D eigenvalue weighted by atomic mass is 10.1. The third kappa shape index (κ3) is 2.64. The zero-order valence-corrected chi connectivity index (χ0v) is 9.28. The van der Waals surface area contributed by atoms with E-state index in [0.717, 1.165) is 0 Å². The molecule has 92 valence electrons. The molecule has 2 rings (SSSR count).